The van der Waals surface area contributed by atoms with Gasteiger partial charge in [0.25, 0.3) is 0 Å². The molecule has 0 saturated carbocycles. The fourth-order valence-electron chi connectivity index (χ4n) is 1.90. The number of nitrogen functional groups attached to an aromatic ring is 1. The number of ether oxygens (including phenoxy) is 1. The first-order valence-electron chi connectivity index (χ1n) is 5.52. The first-order valence-corrected chi connectivity index (χ1v) is 5.52. The van der Waals surface area contributed by atoms with Gasteiger partial charge in [0, 0.05) is 23.6 Å². The third-order valence-electron chi connectivity index (χ3n) is 2.87. The highest BCUT2D eigenvalue weighted by Crippen LogP contribution is 2.25. The zero-order chi connectivity index (χ0) is 12.3. The number of anilines is 1. The van der Waals surface area contributed by atoms with Crippen LogP contribution in [-0.4, -0.2) is 12.9 Å². The number of allylic oxidation sites excluding steroid dienone is 4. The maximum Gasteiger partial charge on any atom is 0.172 e. The monoisotopic (exact) mass is 229 g/mol. The number of rotatable bonds is 3. The Morgan fingerprint density at radius 2 is 2.18 bits per heavy atom. The van der Waals surface area contributed by atoms with Gasteiger partial charge in [-0.1, -0.05) is 24.3 Å². The highest BCUT2D eigenvalue weighted by molar-refractivity contribution is 6.03. The van der Waals surface area contributed by atoms with Crippen molar-refractivity contribution in [3.8, 4) is 0 Å². The molecule has 2 rings (SSSR count). The molecule has 0 aliphatic heterocycles. The molecule has 0 spiro atoms. The molecule has 1 aromatic rings. The second-order valence-corrected chi connectivity index (χ2v) is 3.98. The van der Waals surface area contributed by atoms with Gasteiger partial charge in [-0.15, -0.1) is 0 Å². The average Bonchev–Trinajstić information content (AvgIpc) is 2.38. The number of nitrogens with two attached hydrogens (primary N) is 1. The molecular formula is C14H15NO2. The molecule has 3 nitrogen and oxygen atoms in total. The van der Waals surface area contributed by atoms with Crippen LogP contribution >= 0.6 is 0 Å². The average molecular weight is 229 g/mol. The first-order chi connectivity index (χ1) is 8.22. The summed E-state index contributed by atoms with van der Waals surface area (Å²) in [5, 5.41) is 0. The predicted molar refractivity (Wildman–Crippen MR) is 67.5 cm³/mol. The van der Waals surface area contributed by atoms with Crippen LogP contribution in [0.1, 0.15) is 16.8 Å². The summed E-state index contributed by atoms with van der Waals surface area (Å²) in [5.41, 5.74) is 6.91. The van der Waals surface area contributed by atoms with Gasteiger partial charge in [0.05, 0.1) is 12.9 Å². The van der Waals surface area contributed by atoms with E-state index in [1.807, 2.05) is 30.4 Å². The van der Waals surface area contributed by atoms with Crippen LogP contribution in [-0.2, 0) is 4.74 Å². The molecule has 1 atom stereocenters. The molecule has 1 aliphatic carbocycles. The smallest absolute Gasteiger partial charge is 0.172 e. The third-order valence-corrected chi connectivity index (χ3v) is 2.87. The van der Waals surface area contributed by atoms with Crippen LogP contribution < -0.4 is 5.73 Å². The van der Waals surface area contributed by atoms with Gasteiger partial charge in [0.1, 0.15) is 0 Å². The summed E-state index contributed by atoms with van der Waals surface area (Å²) in [4.78, 5) is 12.3. The zero-order valence-electron chi connectivity index (χ0n) is 9.72. The maximum absolute atomic E-state index is 12.3. The van der Waals surface area contributed by atoms with E-state index in [0.29, 0.717) is 17.7 Å². The number of Topliss-reactive ketones (excluding diaryl/α,β-unsaturated/α-hetero) is 1. The highest BCUT2D eigenvalue weighted by Gasteiger charge is 2.22. The van der Waals surface area contributed by atoms with Crippen LogP contribution in [0.3, 0.4) is 0 Å². The Bertz CT molecular complexity index is 489. The Labute approximate surface area is 101 Å². The van der Waals surface area contributed by atoms with Crippen molar-refractivity contribution in [1.29, 1.82) is 0 Å². The molecule has 0 amide bonds. The van der Waals surface area contributed by atoms with Crippen molar-refractivity contribution in [2.24, 2.45) is 5.92 Å². The van der Waals surface area contributed by atoms with Crippen molar-refractivity contribution in [1.82, 2.24) is 0 Å². The van der Waals surface area contributed by atoms with E-state index in [1.54, 1.807) is 19.2 Å². The number of methoxy groups -OCH3 is 1. The van der Waals surface area contributed by atoms with Gasteiger partial charge in [0.2, 0.25) is 0 Å². The second-order valence-electron chi connectivity index (χ2n) is 3.98. The minimum absolute atomic E-state index is 0.0435. The molecule has 0 heterocycles. The van der Waals surface area contributed by atoms with E-state index in [9.17, 15) is 4.79 Å². The summed E-state index contributed by atoms with van der Waals surface area (Å²) in [6.07, 6.45) is 6.21. The number of hydrogen-bond acceptors (Lipinski definition) is 3. The number of carbonyl (C=O) groups excluding carboxylic acids is 1. The Balaban J connectivity index is 2.20. The van der Waals surface area contributed by atoms with Crippen molar-refractivity contribution in [3.05, 3.63) is 53.8 Å². The standard InChI is InChI=1S/C14H15NO2/c1-17-11-6-4-5-10(9-11)14(16)12-7-2-3-8-13(12)15/h2-8,10H,9,15H2,1H3. The van der Waals surface area contributed by atoms with Crippen molar-refractivity contribution >= 4 is 11.5 Å². The van der Waals surface area contributed by atoms with E-state index in [4.69, 9.17) is 10.5 Å². The van der Waals surface area contributed by atoms with E-state index >= 15 is 0 Å². The Morgan fingerprint density at radius 1 is 1.41 bits per heavy atom. The summed E-state index contributed by atoms with van der Waals surface area (Å²) in [6, 6.07) is 7.15. The fraction of sp³-hybridized carbons (Fsp3) is 0.214. The number of benzene rings is 1. The highest BCUT2D eigenvalue weighted by atomic mass is 16.5. The number of carbonyl (C=O) groups is 1. The maximum atomic E-state index is 12.3. The Morgan fingerprint density at radius 3 is 2.88 bits per heavy atom. The summed E-state index contributed by atoms with van der Waals surface area (Å²) in [7, 11) is 1.61. The summed E-state index contributed by atoms with van der Waals surface area (Å²) >= 11 is 0. The minimum Gasteiger partial charge on any atom is -0.501 e. The fourth-order valence-corrected chi connectivity index (χ4v) is 1.90. The van der Waals surface area contributed by atoms with Gasteiger partial charge >= 0.3 is 0 Å². The van der Waals surface area contributed by atoms with E-state index in [-0.39, 0.29) is 11.7 Å². The lowest BCUT2D eigenvalue weighted by molar-refractivity contribution is 0.0934. The largest absolute Gasteiger partial charge is 0.501 e. The molecule has 0 radical (unpaired) electrons. The quantitative estimate of drug-likeness (QED) is 0.640. The van der Waals surface area contributed by atoms with Gasteiger partial charge in [-0.05, 0) is 18.2 Å². The van der Waals surface area contributed by atoms with Crippen LogP contribution in [0.15, 0.2) is 48.3 Å². The first kappa shape index (κ1) is 11.5. The lowest BCUT2D eigenvalue weighted by Crippen LogP contribution is -2.17. The topological polar surface area (TPSA) is 52.3 Å². The molecule has 1 unspecified atom stereocenters. The van der Waals surface area contributed by atoms with Crippen LogP contribution in [0.25, 0.3) is 0 Å². The summed E-state index contributed by atoms with van der Waals surface area (Å²) in [5.74, 6) is 0.682. The lowest BCUT2D eigenvalue weighted by Gasteiger charge is -2.17. The Kier molecular flexibility index (Phi) is 3.28. The van der Waals surface area contributed by atoms with E-state index in [2.05, 4.69) is 0 Å². The van der Waals surface area contributed by atoms with Gasteiger partial charge in [-0.25, -0.2) is 0 Å². The van der Waals surface area contributed by atoms with E-state index in [0.717, 1.165) is 5.76 Å². The molecule has 1 aromatic carbocycles. The lowest BCUT2D eigenvalue weighted by atomic mass is 9.90. The Hall–Kier alpha value is -2.03. The van der Waals surface area contributed by atoms with Crippen molar-refractivity contribution < 1.29 is 9.53 Å². The number of ketones is 1. The van der Waals surface area contributed by atoms with Gasteiger partial charge in [0.15, 0.2) is 5.78 Å². The van der Waals surface area contributed by atoms with Crippen molar-refractivity contribution in [2.75, 3.05) is 12.8 Å². The van der Waals surface area contributed by atoms with Crippen molar-refractivity contribution in [2.45, 2.75) is 6.42 Å². The summed E-state index contributed by atoms with van der Waals surface area (Å²) in [6.45, 7) is 0. The second kappa shape index (κ2) is 4.87. The molecular weight excluding hydrogens is 214 g/mol. The van der Waals surface area contributed by atoms with E-state index < -0.39 is 0 Å². The van der Waals surface area contributed by atoms with Crippen LogP contribution in [0, 0.1) is 5.92 Å². The normalized spacial score (nSPS) is 18.6. The molecule has 0 fully saturated rings. The van der Waals surface area contributed by atoms with Gasteiger partial charge in [-0.2, -0.15) is 0 Å². The molecule has 88 valence electrons. The molecule has 3 heteroatoms. The van der Waals surface area contributed by atoms with Gasteiger partial charge < -0.3 is 10.5 Å². The van der Waals surface area contributed by atoms with Crippen LogP contribution in [0.2, 0.25) is 0 Å². The molecule has 0 bridgehead atoms. The van der Waals surface area contributed by atoms with Gasteiger partial charge in [-0.3, -0.25) is 4.79 Å². The SMILES string of the molecule is COC1=CC=CC(C(=O)c2ccccc2N)C1. The van der Waals surface area contributed by atoms with Crippen LogP contribution in [0.4, 0.5) is 5.69 Å². The molecule has 1 aliphatic rings. The summed E-state index contributed by atoms with van der Waals surface area (Å²) < 4.78 is 5.16. The zero-order valence-corrected chi connectivity index (χ0v) is 9.72. The molecule has 0 saturated heterocycles. The molecule has 0 aromatic heterocycles. The predicted octanol–water partition coefficient (Wildman–Crippen LogP) is 2.56. The molecule has 2 N–H and O–H groups in total. The van der Waals surface area contributed by atoms with Crippen LogP contribution in [0.5, 0.6) is 0 Å². The van der Waals surface area contributed by atoms with E-state index in [1.165, 1.54) is 0 Å². The number of hydrogen-bond donors (Lipinski definition) is 1. The number of para-hydroxylation sites is 1. The van der Waals surface area contributed by atoms with Crippen molar-refractivity contribution in [3.63, 3.8) is 0 Å². The third kappa shape index (κ3) is 2.38. The minimum atomic E-state index is -0.181. The molecule has 17 heavy (non-hydrogen) atoms.